The molecule has 2 saturated heterocycles. The fraction of sp³-hybridized carbons (Fsp3) is 1.00. The molecular formula is C9H17NO2. The molecule has 2 aliphatic heterocycles. The number of aliphatic hydroxyl groups is 1. The lowest BCUT2D eigenvalue weighted by Crippen LogP contribution is -2.52. The number of nitrogens with zero attached hydrogens (tertiary/aromatic N) is 1. The van der Waals surface area contributed by atoms with Gasteiger partial charge in [-0.3, -0.25) is 4.90 Å². The first kappa shape index (κ1) is 8.48. The van der Waals surface area contributed by atoms with Crippen LogP contribution in [0.5, 0.6) is 0 Å². The van der Waals surface area contributed by atoms with Gasteiger partial charge in [0, 0.05) is 6.61 Å². The van der Waals surface area contributed by atoms with E-state index < -0.39 is 0 Å². The maximum Gasteiger partial charge on any atom is 0.0645 e. The van der Waals surface area contributed by atoms with E-state index in [0.717, 1.165) is 39.1 Å². The highest BCUT2D eigenvalue weighted by Crippen LogP contribution is 2.20. The zero-order valence-corrected chi connectivity index (χ0v) is 7.41. The highest BCUT2D eigenvalue weighted by Gasteiger charge is 2.29. The van der Waals surface area contributed by atoms with Crippen molar-refractivity contribution in [1.82, 2.24) is 4.90 Å². The van der Waals surface area contributed by atoms with Crippen LogP contribution < -0.4 is 0 Å². The molecule has 0 aromatic heterocycles. The summed E-state index contributed by atoms with van der Waals surface area (Å²) in [6, 6.07) is 0.685. The second-order valence-corrected chi connectivity index (χ2v) is 3.85. The minimum absolute atomic E-state index is 0.370. The molecule has 2 fully saturated rings. The predicted molar refractivity (Wildman–Crippen MR) is 46.0 cm³/mol. The van der Waals surface area contributed by atoms with Crippen molar-refractivity contribution in [3.05, 3.63) is 0 Å². The Morgan fingerprint density at radius 1 is 1.25 bits per heavy atom. The lowest BCUT2D eigenvalue weighted by Gasteiger charge is -2.41. The van der Waals surface area contributed by atoms with Gasteiger partial charge >= 0.3 is 0 Å². The van der Waals surface area contributed by atoms with E-state index in [0.29, 0.717) is 18.6 Å². The van der Waals surface area contributed by atoms with Crippen molar-refractivity contribution in [1.29, 1.82) is 0 Å². The van der Waals surface area contributed by atoms with Crippen molar-refractivity contribution in [3.63, 3.8) is 0 Å². The molecule has 0 atom stereocenters. The van der Waals surface area contributed by atoms with Crippen LogP contribution in [0.2, 0.25) is 0 Å². The second-order valence-electron chi connectivity index (χ2n) is 3.85. The SMILES string of the molecule is OCC1CCN(C2COC2)CC1. The fourth-order valence-corrected chi connectivity index (χ4v) is 1.93. The van der Waals surface area contributed by atoms with Gasteiger partial charge in [-0.25, -0.2) is 0 Å². The average Bonchev–Trinajstić information content (AvgIpc) is 2.03. The molecular weight excluding hydrogens is 154 g/mol. The van der Waals surface area contributed by atoms with Gasteiger partial charge in [-0.2, -0.15) is 0 Å². The Kier molecular flexibility index (Phi) is 2.63. The molecule has 1 N–H and O–H groups in total. The van der Waals surface area contributed by atoms with Crippen LogP contribution in [0.4, 0.5) is 0 Å². The molecule has 0 aromatic carbocycles. The van der Waals surface area contributed by atoms with E-state index in [-0.39, 0.29) is 0 Å². The summed E-state index contributed by atoms with van der Waals surface area (Å²) in [5, 5.41) is 8.94. The normalized spacial score (nSPS) is 28.8. The van der Waals surface area contributed by atoms with Gasteiger partial charge in [0.15, 0.2) is 0 Å². The molecule has 0 spiro atoms. The number of ether oxygens (including phenoxy) is 1. The van der Waals surface area contributed by atoms with Gasteiger partial charge in [-0.05, 0) is 31.8 Å². The zero-order valence-electron chi connectivity index (χ0n) is 7.41. The van der Waals surface area contributed by atoms with Gasteiger partial charge < -0.3 is 9.84 Å². The summed E-state index contributed by atoms with van der Waals surface area (Å²) < 4.78 is 5.15. The lowest BCUT2D eigenvalue weighted by atomic mass is 9.96. The Bertz CT molecular complexity index is 139. The quantitative estimate of drug-likeness (QED) is 0.639. The van der Waals surface area contributed by atoms with E-state index in [4.69, 9.17) is 9.84 Å². The number of hydrogen-bond acceptors (Lipinski definition) is 3. The number of piperidine rings is 1. The molecule has 3 nitrogen and oxygen atoms in total. The van der Waals surface area contributed by atoms with Crippen molar-refractivity contribution in [3.8, 4) is 0 Å². The van der Waals surface area contributed by atoms with Gasteiger partial charge in [0.25, 0.3) is 0 Å². The minimum atomic E-state index is 0.370. The molecule has 70 valence electrons. The third kappa shape index (κ3) is 1.63. The Morgan fingerprint density at radius 3 is 2.33 bits per heavy atom. The lowest BCUT2D eigenvalue weighted by molar-refractivity contribution is -0.0754. The highest BCUT2D eigenvalue weighted by atomic mass is 16.5. The van der Waals surface area contributed by atoms with Crippen LogP contribution >= 0.6 is 0 Å². The third-order valence-corrected chi connectivity index (χ3v) is 3.04. The van der Waals surface area contributed by atoms with Crippen molar-refractivity contribution in [2.45, 2.75) is 18.9 Å². The average molecular weight is 171 g/mol. The Balaban J connectivity index is 1.74. The summed E-state index contributed by atoms with van der Waals surface area (Å²) in [5.41, 5.74) is 0. The molecule has 0 aromatic rings. The van der Waals surface area contributed by atoms with Crippen molar-refractivity contribution in [2.75, 3.05) is 32.9 Å². The van der Waals surface area contributed by atoms with Gasteiger partial charge in [0.2, 0.25) is 0 Å². The van der Waals surface area contributed by atoms with E-state index in [1.54, 1.807) is 0 Å². The standard InChI is InChI=1S/C9H17NO2/c11-5-8-1-3-10(4-2-8)9-6-12-7-9/h8-9,11H,1-7H2. The van der Waals surface area contributed by atoms with Crippen LogP contribution in [0.15, 0.2) is 0 Å². The van der Waals surface area contributed by atoms with Crippen LogP contribution in [0, 0.1) is 5.92 Å². The predicted octanol–water partition coefficient (Wildman–Crippen LogP) is 0.0895. The fourth-order valence-electron chi connectivity index (χ4n) is 1.93. The zero-order chi connectivity index (χ0) is 8.39. The van der Waals surface area contributed by atoms with Crippen LogP contribution in [-0.2, 0) is 4.74 Å². The molecule has 2 aliphatic rings. The summed E-state index contributed by atoms with van der Waals surface area (Å²) in [6.45, 7) is 4.51. The molecule has 0 amide bonds. The van der Waals surface area contributed by atoms with Crippen LogP contribution in [-0.4, -0.2) is 49.0 Å². The first-order valence-electron chi connectivity index (χ1n) is 4.83. The maximum atomic E-state index is 8.94. The van der Waals surface area contributed by atoms with Gasteiger partial charge in [0.05, 0.1) is 19.3 Å². The Labute approximate surface area is 73.3 Å². The molecule has 0 unspecified atom stereocenters. The molecule has 2 heterocycles. The van der Waals surface area contributed by atoms with Gasteiger partial charge in [-0.15, -0.1) is 0 Å². The van der Waals surface area contributed by atoms with E-state index in [1.807, 2.05) is 0 Å². The molecule has 2 rings (SSSR count). The first-order chi connectivity index (χ1) is 5.90. The summed E-state index contributed by atoms with van der Waals surface area (Å²) in [4.78, 5) is 2.50. The number of hydrogen-bond donors (Lipinski definition) is 1. The monoisotopic (exact) mass is 171 g/mol. The van der Waals surface area contributed by atoms with Gasteiger partial charge in [-0.1, -0.05) is 0 Å². The highest BCUT2D eigenvalue weighted by molar-refractivity contribution is 4.81. The summed E-state index contributed by atoms with van der Waals surface area (Å²) >= 11 is 0. The molecule has 0 saturated carbocycles. The van der Waals surface area contributed by atoms with Crippen molar-refractivity contribution >= 4 is 0 Å². The molecule has 12 heavy (non-hydrogen) atoms. The summed E-state index contributed by atoms with van der Waals surface area (Å²) in [5.74, 6) is 0.558. The van der Waals surface area contributed by atoms with E-state index >= 15 is 0 Å². The first-order valence-corrected chi connectivity index (χ1v) is 4.83. The minimum Gasteiger partial charge on any atom is -0.396 e. The van der Waals surface area contributed by atoms with Crippen LogP contribution in [0.25, 0.3) is 0 Å². The Hall–Kier alpha value is -0.120. The maximum absolute atomic E-state index is 8.94. The topological polar surface area (TPSA) is 32.7 Å². The van der Waals surface area contributed by atoms with E-state index in [1.165, 1.54) is 0 Å². The van der Waals surface area contributed by atoms with Crippen molar-refractivity contribution in [2.24, 2.45) is 5.92 Å². The number of likely N-dealkylation sites (tertiary alicyclic amines) is 1. The van der Waals surface area contributed by atoms with Crippen molar-refractivity contribution < 1.29 is 9.84 Å². The second kappa shape index (κ2) is 3.73. The van der Waals surface area contributed by atoms with Crippen LogP contribution in [0.1, 0.15) is 12.8 Å². The largest absolute Gasteiger partial charge is 0.396 e. The molecule has 0 bridgehead atoms. The number of rotatable bonds is 2. The smallest absolute Gasteiger partial charge is 0.0645 e. The van der Waals surface area contributed by atoms with Gasteiger partial charge in [0.1, 0.15) is 0 Å². The molecule has 0 aliphatic carbocycles. The Morgan fingerprint density at radius 2 is 1.92 bits per heavy atom. The molecule has 3 heteroatoms. The summed E-state index contributed by atoms with van der Waals surface area (Å²) in [7, 11) is 0. The number of aliphatic hydroxyl groups excluding tert-OH is 1. The summed E-state index contributed by atoms with van der Waals surface area (Å²) in [6.07, 6.45) is 2.32. The third-order valence-electron chi connectivity index (χ3n) is 3.04. The van der Waals surface area contributed by atoms with E-state index in [9.17, 15) is 0 Å². The van der Waals surface area contributed by atoms with Crippen LogP contribution in [0.3, 0.4) is 0 Å². The molecule has 0 radical (unpaired) electrons. The van der Waals surface area contributed by atoms with E-state index in [2.05, 4.69) is 4.90 Å².